The third-order valence-electron chi connectivity index (χ3n) is 3.61. The molecule has 0 atom stereocenters. The van der Waals surface area contributed by atoms with Gasteiger partial charge in [0.05, 0.1) is 0 Å². The first-order chi connectivity index (χ1) is 9.04. The van der Waals surface area contributed by atoms with Gasteiger partial charge in [-0.3, -0.25) is 9.69 Å². The monoisotopic (exact) mass is 344 g/mol. The van der Waals surface area contributed by atoms with Gasteiger partial charge in [0.25, 0.3) is 0 Å². The second-order valence-corrected chi connectivity index (χ2v) is 6.42. The topological polar surface area (TPSA) is 46.3 Å². The number of amides is 1. The molecule has 1 aliphatic rings. The first-order valence-corrected chi connectivity index (χ1v) is 7.66. The number of likely N-dealkylation sites (tertiary alicyclic amines) is 1. The van der Waals surface area contributed by atoms with Crippen LogP contribution in [-0.2, 0) is 11.3 Å². The minimum atomic E-state index is -0.182. The zero-order valence-corrected chi connectivity index (χ0v) is 13.1. The summed E-state index contributed by atoms with van der Waals surface area (Å²) in [5.74, 6) is 0.279. The van der Waals surface area contributed by atoms with E-state index in [-0.39, 0.29) is 5.91 Å². The van der Waals surface area contributed by atoms with Crippen molar-refractivity contribution in [2.45, 2.75) is 25.8 Å². The van der Waals surface area contributed by atoms with E-state index in [9.17, 15) is 4.79 Å². The molecule has 1 heterocycles. The largest absolute Gasteiger partial charge is 0.370 e. The SMILES string of the molecule is NC(=O)CC1CCN(Cc2ccc(Cl)cc2Br)CC1. The van der Waals surface area contributed by atoms with Crippen molar-refractivity contribution in [3.8, 4) is 0 Å². The van der Waals surface area contributed by atoms with E-state index in [0.29, 0.717) is 12.3 Å². The lowest BCUT2D eigenvalue weighted by molar-refractivity contribution is -0.119. The fraction of sp³-hybridized carbons (Fsp3) is 0.500. The highest BCUT2D eigenvalue weighted by atomic mass is 79.9. The standard InChI is InChI=1S/C14H18BrClN2O/c15-13-8-12(16)2-1-11(13)9-18-5-3-10(4-6-18)7-14(17)19/h1-2,8,10H,3-7,9H2,(H2,17,19). The molecule has 1 aliphatic heterocycles. The summed E-state index contributed by atoms with van der Waals surface area (Å²) in [4.78, 5) is 13.3. The molecule has 1 aromatic carbocycles. The molecule has 0 saturated carbocycles. The molecule has 0 radical (unpaired) electrons. The fourth-order valence-corrected chi connectivity index (χ4v) is 3.33. The van der Waals surface area contributed by atoms with Gasteiger partial charge in [0.1, 0.15) is 0 Å². The Morgan fingerprint density at radius 3 is 2.68 bits per heavy atom. The summed E-state index contributed by atoms with van der Waals surface area (Å²) in [6.45, 7) is 2.96. The van der Waals surface area contributed by atoms with Crippen LogP contribution in [0.2, 0.25) is 5.02 Å². The zero-order chi connectivity index (χ0) is 13.8. The van der Waals surface area contributed by atoms with Crippen LogP contribution < -0.4 is 5.73 Å². The predicted octanol–water partition coefficient (Wildman–Crippen LogP) is 3.19. The highest BCUT2D eigenvalue weighted by Crippen LogP contribution is 2.26. The number of rotatable bonds is 4. The summed E-state index contributed by atoms with van der Waals surface area (Å²) >= 11 is 9.49. The second kappa shape index (κ2) is 6.73. The van der Waals surface area contributed by atoms with Gasteiger partial charge in [0, 0.05) is 22.5 Å². The molecule has 0 spiro atoms. The van der Waals surface area contributed by atoms with Crippen LogP contribution >= 0.6 is 27.5 Å². The number of nitrogens with two attached hydrogens (primary N) is 1. The van der Waals surface area contributed by atoms with Crippen molar-refractivity contribution in [3.63, 3.8) is 0 Å². The Bertz CT molecular complexity index is 459. The molecule has 1 fully saturated rings. The van der Waals surface area contributed by atoms with Gasteiger partial charge in [0.15, 0.2) is 0 Å². The predicted molar refractivity (Wildman–Crippen MR) is 81.0 cm³/mol. The lowest BCUT2D eigenvalue weighted by Gasteiger charge is -2.31. The number of primary amides is 1. The van der Waals surface area contributed by atoms with E-state index in [1.807, 2.05) is 12.1 Å². The molecular weight excluding hydrogens is 328 g/mol. The van der Waals surface area contributed by atoms with E-state index in [0.717, 1.165) is 42.0 Å². The first kappa shape index (κ1) is 14.8. The normalized spacial score (nSPS) is 17.6. The van der Waals surface area contributed by atoms with Crippen LogP contribution in [0.15, 0.2) is 22.7 Å². The maximum Gasteiger partial charge on any atom is 0.217 e. The number of halogens is 2. The molecule has 5 heteroatoms. The Morgan fingerprint density at radius 2 is 2.11 bits per heavy atom. The molecule has 1 aromatic rings. The lowest BCUT2D eigenvalue weighted by atomic mass is 9.93. The molecule has 0 aliphatic carbocycles. The van der Waals surface area contributed by atoms with E-state index in [2.05, 4.69) is 26.9 Å². The summed E-state index contributed by atoms with van der Waals surface area (Å²) in [6, 6.07) is 5.90. The highest BCUT2D eigenvalue weighted by molar-refractivity contribution is 9.10. The maximum atomic E-state index is 10.9. The number of piperidine rings is 1. The summed E-state index contributed by atoms with van der Waals surface area (Å²) in [7, 11) is 0. The molecule has 2 rings (SSSR count). The third kappa shape index (κ3) is 4.48. The van der Waals surface area contributed by atoms with Gasteiger partial charge in [-0.1, -0.05) is 33.6 Å². The van der Waals surface area contributed by atoms with Crippen LogP contribution in [0.5, 0.6) is 0 Å². The zero-order valence-electron chi connectivity index (χ0n) is 10.7. The van der Waals surface area contributed by atoms with Crippen LogP contribution in [-0.4, -0.2) is 23.9 Å². The van der Waals surface area contributed by atoms with Crippen LogP contribution in [0.3, 0.4) is 0 Å². The van der Waals surface area contributed by atoms with Gasteiger partial charge in [-0.05, 0) is 49.5 Å². The molecule has 1 saturated heterocycles. The van der Waals surface area contributed by atoms with E-state index in [1.54, 1.807) is 0 Å². The highest BCUT2D eigenvalue weighted by Gasteiger charge is 2.21. The molecule has 19 heavy (non-hydrogen) atoms. The van der Waals surface area contributed by atoms with Crippen LogP contribution in [0.4, 0.5) is 0 Å². The Morgan fingerprint density at radius 1 is 1.42 bits per heavy atom. The minimum Gasteiger partial charge on any atom is -0.370 e. The van der Waals surface area contributed by atoms with Crippen molar-refractivity contribution in [2.24, 2.45) is 11.7 Å². The molecule has 0 aromatic heterocycles. The fourth-order valence-electron chi connectivity index (χ4n) is 2.52. The summed E-state index contributed by atoms with van der Waals surface area (Å²) in [6.07, 6.45) is 2.63. The molecule has 2 N–H and O–H groups in total. The maximum absolute atomic E-state index is 10.9. The Hall–Kier alpha value is -0.580. The van der Waals surface area contributed by atoms with Gasteiger partial charge < -0.3 is 5.73 Å². The van der Waals surface area contributed by atoms with Crippen molar-refractivity contribution in [3.05, 3.63) is 33.3 Å². The van der Waals surface area contributed by atoms with Gasteiger partial charge in [-0.2, -0.15) is 0 Å². The molecule has 0 unspecified atom stereocenters. The lowest BCUT2D eigenvalue weighted by Crippen LogP contribution is -2.34. The smallest absolute Gasteiger partial charge is 0.217 e. The molecule has 0 bridgehead atoms. The van der Waals surface area contributed by atoms with E-state index >= 15 is 0 Å². The third-order valence-corrected chi connectivity index (χ3v) is 4.58. The van der Waals surface area contributed by atoms with Crippen LogP contribution in [0.1, 0.15) is 24.8 Å². The molecule has 1 amide bonds. The Labute approximate surface area is 127 Å². The first-order valence-electron chi connectivity index (χ1n) is 6.49. The Balaban J connectivity index is 1.87. The minimum absolute atomic E-state index is 0.182. The van der Waals surface area contributed by atoms with Gasteiger partial charge in [-0.15, -0.1) is 0 Å². The van der Waals surface area contributed by atoms with Crippen molar-refractivity contribution < 1.29 is 4.79 Å². The Kier molecular flexibility index (Phi) is 5.25. The summed E-state index contributed by atoms with van der Waals surface area (Å²) < 4.78 is 1.05. The second-order valence-electron chi connectivity index (χ2n) is 5.13. The van der Waals surface area contributed by atoms with Crippen molar-refractivity contribution in [2.75, 3.05) is 13.1 Å². The van der Waals surface area contributed by atoms with Crippen LogP contribution in [0, 0.1) is 5.92 Å². The summed E-state index contributed by atoms with van der Waals surface area (Å²) in [5.41, 5.74) is 6.49. The van der Waals surface area contributed by atoms with Crippen molar-refractivity contribution in [1.29, 1.82) is 0 Å². The van der Waals surface area contributed by atoms with Crippen molar-refractivity contribution >= 4 is 33.4 Å². The number of hydrogen-bond donors (Lipinski definition) is 1. The van der Waals surface area contributed by atoms with E-state index in [4.69, 9.17) is 17.3 Å². The number of carbonyl (C=O) groups excluding carboxylic acids is 1. The molecule has 104 valence electrons. The number of carbonyl (C=O) groups is 1. The van der Waals surface area contributed by atoms with Gasteiger partial charge in [-0.25, -0.2) is 0 Å². The van der Waals surface area contributed by atoms with Gasteiger partial charge >= 0.3 is 0 Å². The van der Waals surface area contributed by atoms with Gasteiger partial charge in [0.2, 0.25) is 5.91 Å². The average molecular weight is 346 g/mol. The summed E-state index contributed by atoms with van der Waals surface area (Å²) in [5, 5.41) is 0.746. The molecular formula is C14H18BrClN2O. The quantitative estimate of drug-likeness (QED) is 0.911. The van der Waals surface area contributed by atoms with E-state index in [1.165, 1.54) is 5.56 Å². The van der Waals surface area contributed by atoms with Crippen molar-refractivity contribution in [1.82, 2.24) is 4.90 Å². The number of benzene rings is 1. The number of hydrogen-bond acceptors (Lipinski definition) is 2. The molecule has 3 nitrogen and oxygen atoms in total. The number of nitrogens with zero attached hydrogens (tertiary/aromatic N) is 1. The average Bonchev–Trinajstić information content (AvgIpc) is 2.34. The van der Waals surface area contributed by atoms with E-state index < -0.39 is 0 Å². The van der Waals surface area contributed by atoms with Crippen LogP contribution in [0.25, 0.3) is 0 Å².